The molecule has 0 saturated heterocycles. The lowest BCUT2D eigenvalue weighted by Gasteiger charge is -2.04. The van der Waals surface area contributed by atoms with Crippen LogP contribution < -0.4 is 0 Å². The van der Waals surface area contributed by atoms with Crippen molar-refractivity contribution in [3.8, 4) is 12.1 Å². The van der Waals surface area contributed by atoms with E-state index in [9.17, 15) is 0 Å². The highest BCUT2D eigenvalue weighted by atomic mass is 14.7. The van der Waals surface area contributed by atoms with Gasteiger partial charge in [0.25, 0.3) is 0 Å². The molecule has 0 N–H and O–H groups in total. The Balaban J connectivity index is 3.09. The van der Waals surface area contributed by atoms with Crippen molar-refractivity contribution in [3.05, 3.63) is 35.9 Å². The topological polar surface area (TPSA) is 59.9 Å². The van der Waals surface area contributed by atoms with Gasteiger partial charge in [0, 0.05) is 7.05 Å². The summed E-state index contributed by atoms with van der Waals surface area (Å²) in [6.07, 6.45) is 0. The first-order valence-corrected chi connectivity index (χ1v) is 4.14. The van der Waals surface area contributed by atoms with Gasteiger partial charge in [-0.2, -0.15) is 10.5 Å². The van der Waals surface area contributed by atoms with E-state index in [2.05, 4.69) is 4.99 Å². The summed E-state index contributed by atoms with van der Waals surface area (Å²) in [4.78, 5) is 3.97. The van der Waals surface area contributed by atoms with E-state index in [1.165, 1.54) is 0 Å². The van der Waals surface area contributed by atoms with Crippen LogP contribution in [0.2, 0.25) is 0 Å². The zero-order chi connectivity index (χ0) is 10.4. The van der Waals surface area contributed by atoms with E-state index in [0.717, 1.165) is 5.56 Å². The summed E-state index contributed by atoms with van der Waals surface area (Å²) in [5, 5.41) is 17.5. The molecule has 0 spiro atoms. The molecule has 0 atom stereocenters. The molecular formula is C11H9N3. The van der Waals surface area contributed by atoms with E-state index >= 15 is 0 Å². The molecule has 0 unspecified atom stereocenters. The number of aliphatic imine (C=N–C) groups is 1. The molecule has 0 aromatic heterocycles. The third-order valence-corrected chi connectivity index (χ3v) is 1.84. The minimum Gasteiger partial charge on any atom is -0.290 e. The lowest BCUT2D eigenvalue weighted by atomic mass is 9.99. The standard InChI is InChI=1S/C11H9N3/c1-14-11(10(7-12)8-13)9-5-3-2-4-6-9/h2-6,10H,1H3. The van der Waals surface area contributed by atoms with E-state index in [-0.39, 0.29) is 0 Å². The molecule has 0 saturated carbocycles. The van der Waals surface area contributed by atoms with Gasteiger partial charge in [-0.3, -0.25) is 4.99 Å². The van der Waals surface area contributed by atoms with Crippen molar-refractivity contribution in [2.24, 2.45) is 10.9 Å². The van der Waals surface area contributed by atoms with Gasteiger partial charge in [0.2, 0.25) is 0 Å². The molecule has 0 amide bonds. The lowest BCUT2D eigenvalue weighted by Crippen LogP contribution is -2.12. The Hall–Kier alpha value is -2.13. The fraction of sp³-hybridized carbons (Fsp3) is 0.182. The van der Waals surface area contributed by atoms with Crippen LogP contribution in [0.3, 0.4) is 0 Å². The van der Waals surface area contributed by atoms with Gasteiger partial charge in [-0.25, -0.2) is 0 Å². The SMILES string of the molecule is CN=C(c1ccccc1)C(C#N)C#N. The smallest absolute Gasteiger partial charge is 0.175 e. The number of hydrogen-bond acceptors (Lipinski definition) is 3. The summed E-state index contributed by atoms with van der Waals surface area (Å²) >= 11 is 0. The summed E-state index contributed by atoms with van der Waals surface area (Å²) in [6.45, 7) is 0. The van der Waals surface area contributed by atoms with Crippen LogP contribution in [-0.4, -0.2) is 12.8 Å². The van der Waals surface area contributed by atoms with Crippen molar-refractivity contribution >= 4 is 5.71 Å². The number of nitrogens with zero attached hydrogens (tertiary/aromatic N) is 3. The Morgan fingerprint density at radius 2 is 1.79 bits per heavy atom. The van der Waals surface area contributed by atoms with Crippen LogP contribution in [0.4, 0.5) is 0 Å². The van der Waals surface area contributed by atoms with Gasteiger partial charge in [-0.15, -0.1) is 0 Å². The van der Waals surface area contributed by atoms with Gasteiger partial charge in [-0.1, -0.05) is 30.3 Å². The maximum Gasteiger partial charge on any atom is 0.175 e. The molecule has 0 heterocycles. The van der Waals surface area contributed by atoms with E-state index < -0.39 is 5.92 Å². The molecule has 68 valence electrons. The molecule has 0 aliphatic carbocycles. The van der Waals surface area contributed by atoms with Crippen LogP contribution in [0.25, 0.3) is 0 Å². The highest BCUT2D eigenvalue weighted by Crippen LogP contribution is 2.08. The molecule has 0 aliphatic rings. The minimum absolute atomic E-state index is 0.524. The van der Waals surface area contributed by atoms with Crippen LogP contribution in [0, 0.1) is 28.6 Å². The van der Waals surface area contributed by atoms with E-state index in [0.29, 0.717) is 5.71 Å². The maximum atomic E-state index is 8.74. The normalized spacial score (nSPS) is 10.7. The third kappa shape index (κ3) is 1.97. The average molecular weight is 183 g/mol. The molecule has 0 fully saturated rings. The van der Waals surface area contributed by atoms with Gasteiger partial charge in [0.1, 0.15) is 0 Å². The van der Waals surface area contributed by atoms with Gasteiger partial charge in [0.15, 0.2) is 5.92 Å². The largest absolute Gasteiger partial charge is 0.290 e. The van der Waals surface area contributed by atoms with Crippen LogP contribution >= 0.6 is 0 Å². The molecule has 0 aliphatic heterocycles. The molecular weight excluding hydrogens is 174 g/mol. The van der Waals surface area contributed by atoms with E-state index in [1.807, 2.05) is 42.5 Å². The molecule has 1 aromatic carbocycles. The monoisotopic (exact) mass is 183 g/mol. The third-order valence-electron chi connectivity index (χ3n) is 1.84. The zero-order valence-electron chi connectivity index (χ0n) is 7.81. The number of benzene rings is 1. The second-order valence-electron chi connectivity index (χ2n) is 2.67. The summed E-state index contributed by atoms with van der Waals surface area (Å²) in [5.41, 5.74) is 1.35. The second-order valence-corrected chi connectivity index (χ2v) is 2.67. The molecule has 1 rings (SSSR count). The first-order valence-electron chi connectivity index (χ1n) is 4.14. The van der Waals surface area contributed by atoms with Gasteiger partial charge in [-0.05, 0) is 5.56 Å². The van der Waals surface area contributed by atoms with Gasteiger partial charge >= 0.3 is 0 Å². The van der Waals surface area contributed by atoms with Crippen LogP contribution in [0.1, 0.15) is 5.56 Å². The number of nitriles is 2. The first-order chi connectivity index (χ1) is 6.83. The molecule has 0 radical (unpaired) electrons. The molecule has 14 heavy (non-hydrogen) atoms. The van der Waals surface area contributed by atoms with Crippen molar-refractivity contribution < 1.29 is 0 Å². The fourth-order valence-corrected chi connectivity index (χ4v) is 1.18. The van der Waals surface area contributed by atoms with Crippen LogP contribution in [-0.2, 0) is 0 Å². The van der Waals surface area contributed by atoms with Crippen molar-refractivity contribution in [1.82, 2.24) is 0 Å². The summed E-state index contributed by atoms with van der Waals surface area (Å²) in [6, 6.07) is 13.1. The van der Waals surface area contributed by atoms with E-state index in [4.69, 9.17) is 10.5 Å². The minimum atomic E-state index is -0.789. The number of hydrogen-bond donors (Lipinski definition) is 0. The Morgan fingerprint density at radius 1 is 1.21 bits per heavy atom. The van der Waals surface area contributed by atoms with Crippen molar-refractivity contribution in [2.45, 2.75) is 0 Å². The van der Waals surface area contributed by atoms with Gasteiger partial charge < -0.3 is 0 Å². The van der Waals surface area contributed by atoms with Crippen molar-refractivity contribution in [1.29, 1.82) is 10.5 Å². The fourth-order valence-electron chi connectivity index (χ4n) is 1.18. The first kappa shape index (κ1) is 9.95. The second kappa shape index (κ2) is 4.79. The Bertz CT molecular complexity index is 392. The molecule has 3 heteroatoms. The number of rotatable bonds is 2. The quantitative estimate of drug-likeness (QED) is 0.656. The molecule has 0 bridgehead atoms. The Morgan fingerprint density at radius 3 is 2.21 bits per heavy atom. The van der Waals surface area contributed by atoms with Crippen molar-refractivity contribution in [2.75, 3.05) is 7.05 Å². The van der Waals surface area contributed by atoms with Crippen molar-refractivity contribution in [3.63, 3.8) is 0 Å². The molecule has 3 nitrogen and oxygen atoms in total. The predicted molar refractivity (Wildman–Crippen MR) is 53.6 cm³/mol. The highest BCUT2D eigenvalue weighted by Gasteiger charge is 2.15. The summed E-state index contributed by atoms with van der Waals surface area (Å²) in [7, 11) is 1.59. The summed E-state index contributed by atoms with van der Waals surface area (Å²) in [5.74, 6) is -0.789. The predicted octanol–water partition coefficient (Wildman–Crippen LogP) is 1.77. The highest BCUT2D eigenvalue weighted by molar-refractivity contribution is 6.05. The summed E-state index contributed by atoms with van der Waals surface area (Å²) < 4.78 is 0. The zero-order valence-corrected chi connectivity index (χ0v) is 7.81. The maximum absolute atomic E-state index is 8.74. The Labute approximate surface area is 82.9 Å². The van der Waals surface area contributed by atoms with Crippen LogP contribution in [0.15, 0.2) is 35.3 Å². The molecule has 1 aromatic rings. The van der Waals surface area contributed by atoms with Gasteiger partial charge in [0.05, 0.1) is 17.9 Å². The Kier molecular flexibility index (Phi) is 3.41. The van der Waals surface area contributed by atoms with E-state index in [1.54, 1.807) is 7.05 Å². The average Bonchev–Trinajstić information content (AvgIpc) is 2.27. The van der Waals surface area contributed by atoms with Crippen LogP contribution in [0.5, 0.6) is 0 Å². The lowest BCUT2D eigenvalue weighted by molar-refractivity contribution is 1.13.